The molecule has 3 N–H and O–H groups in total. The van der Waals surface area contributed by atoms with Gasteiger partial charge in [-0.3, -0.25) is 9.78 Å². The number of nitrogens with one attached hydrogen (secondary N) is 1. The minimum Gasteiger partial charge on any atom is -0.495 e. The van der Waals surface area contributed by atoms with Crippen LogP contribution in [-0.4, -0.2) is 30.1 Å². The molecule has 132 valence electrons. The first kappa shape index (κ1) is 17.0. The lowest BCUT2D eigenvalue weighted by Gasteiger charge is -2.30. The van der Waals surface area contributed by atoms with Crippen molar-refractivity contribution in [3.8, 4) is 5.75 Å². The number of nitrogens with two attached hydrogens (primary N) is 1. The minimum absolute atomic E-state index is 0.0215. The Morgan fingerprint density at radius 2 is 2.25 bits per heavy atom. The Balaban J connectivity index is 1.77. The number of rotatable bonds is 4. The van der Waals surface area contributed by atoms with Crippen molar-refractivity contribution in [2.45, 2.75) is 37.4 Å². The third-order valence-electron chi connectivity index (χ3n) is 5.14. The predicted octanol–water partition coefficient (Wildman–Crippen LogP) is 1.90. The van der Waals surface area contributed by atoms with Gasteiger partial charge in [0, 0.05) is 11.5 Å². The summed E-state index contributed by atoms with van der Waals surface area (Å²) in [5.74, 6) is -0.426. The van der Waals surface area contributed by atoms with Gasteiger partial charge in [-0.2, -0.15) is 13.2 Å². The first-order valence-corrected chi connectivity index (χ1v) is 7.89. The number of primary amides is 1. The molecule has 3 atom stereocenters. The molecule has 5 nitrogen and oxygen atoms in total. The molecular formula is C16H20F3N3O2. The number of piperidine rings is 1. The van der Waals surface area contributed by atoms with Crippen molar-refractivity contribution >= 4 is 5.91 Å². The van der Waals surface area contributed by atoms with Gasteiger partial charge in [-0.1, -0.05) is 0 Å². The van der Waals surface area contributed by atoms with Gasteiger partial charge in [0.25, 0.3) is 0 Å². The summed E-state index contributed by atoms with van der Waals surface area (Å²) in [6.07, 6.45) is -0.948. The summed E-state index contributed by atoms with van der Waals surface area (Å²) in [5.41, 5.74) is 4.37. The Morgan fingerprint density at radius 1 is 1.50 bits per heavy atom. The molecule has 2 aliphatic rings. The van der Waals surface area contributed by atoms with E-state index in [1.165, 1.54) is 13.3 Å². The predicted molar refractivity (Wildman–Crippen MR) is 80.3 cm³/mol. The maximum Gasteiger partial charge on any atom is 0.418 e. The molecule has 1 saturated heterocycles. The summed E-state index contributed by atoms with van der Waals surface area (Å²) in [6.45, 7) is 0.659. The fraction of sp³-hybridized carbons (Fsp3) is 0.625. The first-order chi connectivity index (χ1) is 11.2. The number of hydrogen-bond donors (Lipinski definition) is 2. The number of carbonyl (C=O) groups is 1. The summed E-state index contributed by atoms with van der Waals surface area (Å²) in [6, 6.07) is 0.984. The van der Waals surface area contributed by atoms with Crippen LogP contribution in [0.2, 0.25) is 0 Å². The molecular weight excluding hydrogens is 323 g/mol. The van der Waals surface area contributed by atoms with Gasteiger partial charge < -0.3 is 15.8 Å². The molecule has 2 fully saturated rings. The summed E-state index contributed by atoms with van der Waals surface area (Å²) in [7, 11) is 1.31. The van der Waals surface area contributed by atoms with Crippen LogP contribution < -0.4 is 15.8 Å². The van der Waals surface area contributed by atoms with Crippen molar-refractivity contribution in [3.63, 3.8) is 0 Å². The van der Waals surface area contributed by atoms with E-state index in [9.17, 15) is 18.0 Å². The van der Waals surface area contributed by atoms with Crippen molar-refractivity contribution in [1.82, 2.24) is 10.3 Å². The summed E-state index contributed by atoms with van der Waals surface area (Å²) in [4.78, 5) is 15.4. The molecule has 1 saturated carbocycles. The topological polar surface area (TPSA) is 77.2 Å². The van der Waals surface area contributed by atoms with Crippen molar-refractivity contribution in [3.05, 3.63) is 23.5 Å². The van der Waals surface area contributed by atoms with Gasteiger partial charge in [-0.25, -0.2) is 0 Å². The Bertz CT molecular complexity index is 650. The molecule has 1 aromatic rings. The number of halogens is 3. The SMILES string of the molecule is COc1cnc(CC2CC23CC(C(N)=O)CCN3)c(C(F)(F)F)c1. The average Bonchev–Trinajstić information content (AvgIpc) is 3.17. The van der Waals surface area contributed by atoms with E-state index < -0.39 is 11.7 Å². The number of methoxy groups -OCH3 is 1. The Labute approximate surface area is 137 Å². The van der Waals surface area contributed by atoms with Crippen LogP contribution in [0, 0.1) is 11.8 Å². The van der Waals surface area contributed by atoms with Crippen LogP contribution in [0.1, 0.15) is 30.5 Å². The Hall–Kier alpha value is -1.83. The lowest BCUT2D eigenvalue weighted by Crippen LogP contribution is -2.45. The molecule has 0 radical (unpaired) electrons. The van der Waals surface area contributed by atoms with Crippen molar-refractivity contribution < 1.29 is 22.7 Å². The van der Waals surface area contributed by atoms with E-state index >= 15 is 0 Å². The number of ether oxygens (including phenoxy) is 1. The monoisotopic (exact) mass is 343 g/mol. The van der Waals surface area contributed by atoms with E-state index in [2.05, 4.69) is 10.3 Å². The van der Waals surface area contributed by atoms with E-state index in [4.69, 9.17) is 10.5 Å². The van der Waals surface area contributed by atoms with Crippen LogP contribution in [0.5, 0.6) is 5.75 Å². The van der Waals surface area contributed by atoms with Crippen LogP contribution in [-0.2, 0) is 17.4 Å². The van der Waals surface area contributed by atoms with Gasteiger partial charge in [0.2, 0.25) is 5.91 Å². The van der Waals surface area contributed by atoms with E-state index in [-0.39, 0.29) is 41.1 Å². The number of amides is 1. The number of nitrogens with zero attached hydrogens (tertiary/aromatic N) is 1. The van der Waals surface area contributed by atoms with Crippen molar-refractivity contribution in [2.75, 3.05) is 13.7 Å². The quantitative estimate of drug-likeness (QED) is 0.875. The molecule has 3 unspecified atom stereocenters. The van der Waals surface area contributed by atoms with Gasteiger partial charge in [-0.05, 0) is 44.2 Å². The van der Waals surface area contributed by atoms with E-state index in [1.807, 2.05) is 0 Å². The first-order valence-electron chi connectivity index (χ1n) is 7.89. The highest BCUT2D eigenvalue weighted by Gasteiger charge is 2.56. The minimum atomic E-state index is -4.48. The van der Waals surface area contributed by atoms with Crippen LogP contribution in [0.3, 0.4) is 0 Å². The second-order valence-corrected chi connectivity index (χ2v) is 6.65. The van der Waals surface area contributed by atoms with Crippen LogP contribution in [0.15, 0.2) is 12.3 Å². The molecule has 1 amide bonds. The standard InChI is InChI=1S/C16H20F3N3O2/c1-24-11-5-12(16(17,18)19)13(21-8-11)4-10-7-15(10)6-9(14(20)23)2-3-22-15/h5,8-10,22H,2-4,6-7H2,1H3,(H2,20,23). The molecule has 1 aromatic heterocycles. The lowest BCUT2D eigenvalue weighted by atomic mass is 9.88. The molecule has 3 rings (SSSR count). The summed E-state index contributed by atoms with van der Waals surface area (Å²) >= 11 is 0. The van der Waals surface area contributed by atoms with Gasteiger partial charge in [0.1, 0.15) is 5.75 Å². The molecule has 8 heteroatoms. The van der Waals surface area contributed by atoms with E-state index in [0.717, 1.165) is 12.5 Å². The van der Waals surface area contributed by atoms with Crippen molar-refractivity contribution in [2.24, 2.45) is 17.6 Å². The highest BCUT2D eigenvalue weighted by atomic mass is 19.4. The number of aromatic nitrogens is 1. The number of pyridine rings is 1. The van der Waals surface area contributed by atoms with Crippen LogP contribution >= 0.6 is 0 Å². The van der Waals surface area contributed by atoms with Crippen molar-refractivity contribution in [1.29, 1.82) is 0 Å². The molecule has 1 aliphatic carbocycles. The Morgan fingerprint density at radius 3 is 2.88 bits per heavy atom. The fourth-order valence-electron chi connectivity index (χ4n) is 3.69. The third kappa shape index (κ3) is 3.19. The second-order valence-electron chi connectivity index (χ2n) is 6.65. The maximum atomic E-state index is 13.3. The molecule has 2 heterocycles. The number of carbonyl (C=O) groups excluding carboxylic acids is 1. The van der Waals surface area contributed by atoms with Gasteiger partial charge in [0.15, 0.2) is 0 Å². The van der Waals surface area contributed by atoms with E-state index in [1.54, 1.807) is 0 Å². The molecule has 24 heavy (non-hydrogen) atoms. The number of alkyl halides is 3. The normalized spacial score (nSPS) is 29.5. The molecule has 1 aliphatic heterocycles. The maximum absolute atomic E-state index is 13.3. The summed E-state index contributed by atoms with van der Waals surface area (Å²) < 4.78 is 44.6. The fourth-order valence-corrected chi connectivity index (χ4v) is 3.69. The average molecular weight is 343 g/mol. The molecule has 0 aromatic carbocycles. The number of hydrogen-bond acceptors (Lipinski definition) is 4. The second kappa shape index (κ2) is 5.91. The third-order valence-corrected chi connectivity index (χ3v) is 5.14. The molecule has 1 spiro atoms. The summed E-state index contributed by atoms with van der Waals surface area (Å²) in [5, 5.41) is 3.36. The largest absolute Gasteiger partial charge is 0.495 e. The van der Waals surface area contributed by atoms with Gasteiger partial charge in [0.05, 0.1) is 24.6 Å². The zero-order valence-electron chi connectivity index (χ0n) is 13.3. The lowest BCUT2D eigenvalue weighted by molar-refractivity contribution is -0.138. The van der Waals surface area contributed by atoms with E-state index in [0.29, 0.717) is 19.4 Å². The smallest absolute Gasteiger partial charge is 0.418 e. The van der Waals surface area contributed by atoms with Gasteiger partial charge >= 0.3 is 6.18 Å². The highest BCUT2D eigenvalue weighted by Crippen LogP contribution is 2.52. The van der Waals surface area contributed by atoms with Crippen LogP contribution in [0.4, 0.5) is 13.2 Å². The zero-order chi connectivity index (χ0) is 17.5. The Kier molecular flexibility index (Phi) is 4.19. The highest BCUT2D eigenvalue weighted by molar-refractivity contribution is 5.77. The van der Waals surface area contributed by atoms with Gasteiger partial charge in [-0.15, -0.1) is 0 Å². The van der Waals surface area contributed by atoms with Crippen LogP contribution in [0.25, 0.3) is 0 Å². The zero-order valence-corrected chi connectivity index (χ0v) is 13.3. The molecule has 0 bridgehead atoms.